The lowest BCUT2D eigenvalue weighted by Crippen LogP contribution is -2.28. The van der Waals surface area contributed by atoms with Crippen molar-refractivity contribution in [2.24, 2.45) is 12.9 Å². The molecule has 0 saturated heterocycles. The van der Waals surface area contributed by atoms with E-state index in [4.69, 9.17) is 5.84 Å². The molecule has 0 aliphatic carbocycles. The molecule has 1 aromatic heterocycles. The smallest absolute Gasteiger partial charge is 0.0740 e. The lowest BCUT2D eigenvalue weighted by Gasteiger charge is -2.16. The zero-order chi connectivity index (χ0) is 12.4. The van der Waals surface area contributed by atoms with Crippen molar-refractivity contribution in [1.29, 1.82) is 0 Å². The maximum absolute atomic E-state index is 5.65. The SMILES string of the molecule is Cc1ccc(C(NN)c2cnn(C)c2)cc1C. The van der Waals surface area contributed by atoms with E-state index >= 15 is 0 Å². The molecule has 2 rings (SSSR count). The van der Waals surface area contributed by atoms with Gasteiger partial charge in [0.1, 0.15) is 0 Å². The van der Waals surface area contributed by atoms with E-state index in [9.17, 15) is 0 Å². The Balaban J connectivity index is 2.38. The highest BCUT2D eigenvalue weighted by Crippen LogP contribution is 2.22. The van der Waals surface area contributed by atoms with Gasteiger partial charge in [-0.15, -0.1) is 0 Å². The van der Waals surface area contributed by atoms with Crippen LogP contribution in [0.2, 0.25) is 0 Å². The normalized spacial score (nSPS) is 12.7. The molecule has 0 spiro atoms. The highest BCUT2D eigenvalue weighted by atomic mass is 15.3. The summed E-state index contributed by atoms with van der Waals surface area (Å²) in [7, 11) is 1.90. The molecule has 0 saturated carbocycles. The van der Waals surface area contributed by atoms with Gasteiger partial charge in [-0.05, 0) is 30.5 Å². The van der Waals surface area contributed by atoms with Crippen LogP contribution in [0.3, 0.4) is 0 Å². The predicted molar refractivity (Wildman–Crippen MR) is 68.3 cm³/mol. The minimum absolute atomic E-state index is 0.0111. The van der Waals surface area contributed by atoms with Gasteiger partial charge in [0, 0.05) is 18.8 Å². The third kappa shape index (κ3) is 2.38. The fraction of sp³-hybridized carbons (Fsp3) is 0.308. The maximum atomic E-state index is 5.65. The molecule has 1 unspecified atom stereocenters. The molecule has 0 bridgehead atoms. The Bertz CT molecular complexity index is 516. The van der Waals surface area contributed by atoms with Crippen LogP contribution in [0.15, 0.2) is 30.6 Å². The van der Waals surface area contributed by atoms with Crippen LogP contribution in [0, 0.1) is 13.8 Å². The number of benzene rings is 1. The van der Waals surface area contributed by atoms with Gasteiger partial charge in [-0.1, -0.05) is 18.2 Å². The second-order valence-electron chi connectivity index (χ2n) is 4.39. The van der Waals surface area contributed by atoms with Gasteiger partial charge in [-0.2, -0.15) is 5.10 Å². The van der Waals surface area contributed by atoms with Gasteiger partial charge in [-0.25, -0.2) is 5.43 Å². The molecule has 2 aromatic rings. The Hall–Kier alpha value is -1.65. The number of aromatic nitrogens is 2. The average molecular weight is 230 g/mol. The Morgan fingerprint density at radius 1 is 1.24 bits per heavy atom. The first-order chi connectivity index (χ1) is 8.11. The van der Waals surface area contributed by atoms with Gasteiger partial charge in [-0.3, -0.25) is 10.5 Å². The van der Waals surface area contributed by atoms with Crippen molar-refractivity contribution in [1.82, 2.24) is 15.2 Å². The summed E-state index contributed by atoms with van der Waals surface area (Å²) < 4.78 is 1.78. The molecule has 1 atom stereocenters. The predicted octanol–water partition coefficient (Wildman–Crippen LogP) is 1.59. The number of nitrogens with two attached hydrogens (primary N) is 1. The number of hydrogen-bond acceptors (Lipinski definition) is 3. The van der Waals surface area contributed by atoms with Crippen LogP contribution < -0.4 is 11.3 Å². The topological polar surface area (TPSA) is 55.9 Å². The van der Waals surface area contributed by atoms with Crippen LogP contribution >= 0.6 is 0 Å². The molecule has 0 fully saturated rings. The summed E-state index contributed by atoms with van der Waals surface area (Å²) in [5, 5.41) is 4.17. The van der Waals surface area contributed by atoms with E-state index in [0.29, 0.717) is 0 Å². The van der Waals surface area contributed by atoms with Crippen molar-refractivity contribution in [2.45, 2.75) is 19.9 Å². The van der Waals surface area contributed by atoms with E-state index < -0.39 is 0 Å². The zero-order valence-electron chi connectivity index (χ0n) is 10.4. The second kappa shape index (κ2) is 4.69. The van der Waals surface area contributed by atoms with Gasteiger partial charge in [0.2, 0.25) is 0 Å². The van der Waals surface area contributed by atoms with E-state index in [1.165, 1.54) is 11.1 Å². The molecular weight excluding hydrogens is 212 g/mol. The molecular formula is C13H18N4. The van der Waals surface area contributed by atoms with Crippen LogP contribution in [0.1, 0.15) is 28.3 Å². The summed E-state index contributed by atoms with van der Waals surface area (Å²) in [6.07, 6.45) is 3.80. The minimum Gasteiger partial charge on any atom is -0.275 e. The van der Waals surface area contributed by atoms with Gasteiger partial charge in [0.25, 0.3) is 0 Å². The van der Waals surface area contributed by atoms with Crippen molar-refractivity contribution >= 4 is 0 Å². The molecule has 4 heteroatoms. The first-order valence-corrected chi connectivity index (χ1v) is 5.63. The average Bonchev–Trinajstić information content (AvgIpc) is 2.71. The first-order valence-electron chi connectivity index (χ1n) is 5.63. The Morgan fingerprint density at radius 3 is 2.53 bits per heavy atom. The van der Waals surface area contributed by atoms with E-state index in [1.54, 1.807) is 4.68 Å². The molecule has 3 N–H and O–H groups in total. The number of nitrogens with zero attached hydrogens (tertiary/aromatic N) is 2. The van der Waals surface area contributed by atoms with Crippen LogP contribution in [-0.4, -0.2) is 9.78 Å². The molecule has 4 nitrogen and oxygen atoms in total. The van der Waals surface area contributed by atoms with Crippen molar-refractivity contribution in [3.8, 4) is 0 Å². The van der Waals surface area contributed by atoms with E-state index in [0.717, 1.165) is 11.1 Å². The zero-order valence-corrected chi connectivity index (χ0v) is 10.4. The second-order valence-corrected chi connectivity index (χ2v) is 4.39. The number of nitrogens with one attached hydrogen (secondary N) is 1. The van der Waals surface area contributed by atoms with Crippen molar-refractivity contribution < 1.29 is 0 Å². The highest BCUT2D eigenvalue weighted by molar-refractivity contribution is 5.35. The third-order valence-electron chi connectivity index (χ3n) is 3.09. The lowest BCUT2D eigenvalue weighted by molar-refractivity contribution is 0.635. The summed E-state index contributed by atoms with van der Waals surface area (Å²) in [5.41, 5.74) is 7.62. The monoisotopic (exact) mass is 230 g/mol. The Morgan fingerprint density at radius 2 is 2.00 bits per heavy atom. The van der Waals surface area contributed by atoms with Crippen LogP contribution in [0.25, 0.3) is 0 Å². The van der Waals surface area contributed by atoms with E-state index in [2.05, 4.69) is 42.6 Å². The summed E-state index contributed by atoms with van der Waals surface area (Å²) in [6.45, 7) is 4.21. The van der Waals surface area contributed by atoms with Gasteiger partial charge in [0.05, 0.1) is 12.2 Å². The Kier molecular flexibility index (Phi) is 3.26. The van der Waals surface area contributed by atoms with Crippen molar-refractivity contribution in [3.05, 3.63) is 52.8 Å². The van der Waals surface area contributed by atoms with Gasteiger partial charge < -0.3 is 0 Å². The van der Waals surface area contributed by atoms with Gasteiger partial charge >= 0.3 is 0 Å². The number of aryl methyl sites for hydroxylation is 3. The molecule has 17 heavy (non-hydrogen) atoms. The fourth-order valence-electron chi connectivity index (χ4n) is 1.92. The first kappa shape index (κ1) is 11.8. The van der Waals surface area contributed by atoms with Crippen LogP contribution in [0.5, 0.6) is 0 Å². The summed E-state index contributed by atoms with van der Waals surface area (Å²) in [6, 6.07) is 6.36. The van der Waals surface area contributed by atoms with Crippen LogP contribution in [0.4, 0.5) is 0 Å². The van der Waals surface area contributed by atoms with Crippen LogP contribution in [-0.2, 0) is 7.05 Å². The standard InChI is InChI=1S/C13H18N4/c1-9-4-5-11(6-10(9)2)13(16-14)12-7-15-17(3)8-12/h4-8,13,16H,14H2,1-3H3. The summed E-state index contributed by atoms with van der Waals surface area (Å²) in [5.74, 6) is 5.65. The molecule has 1 heterocycles. The van der Waals surface area contributed by atoms with Crippen molar-refractivity contribution in [3.63, 3.8) is 0 Å². The number of rotatable bonds is 3. The van der Waals surface area contributed by atoms with E-state index in [1.807, 2.05) is 19.4 Å². The van der Waals surface area contributed by atoms with Crippen molar-refractivity contribution in [2.75, 3.05) is 0 Å². The minimum atomic E-state index is -0.0111. The van der Waals surface area contributed by atoms with Gasteiger partial charge in [0.15, 0.2) is 0 Å². The number of hydrogen-bond donors (Lipinski definition) is 2. The largest absolute Gasteiger partial charge is 0.275 e. The highest BCUT2D eigenvalue weighted by Gasteiger charge is 2.14. The van der Waals surface area contributed by atoms with E-state index in [-0.39, 0.29) is 6.04 Å². The molecule has 1 aromatic carbocycles. The molecule has 0 radical (unpaired) electrons. The maximum Gasteiger partial charge on any atom is 0.0740 e. The summed E-state index contributed by atoms with van der Waals surface area (Å²) >= 11 is 0. The summed E-state index contributed by atoms with van der Waals surface area (Å²) in [4.78, 5) is 0. The quantitative estimate of drug-likeness (QED) is 0.622. The lowest BCUT2D eigenvalue weighted by atomic mass is 9.98. The number of hydrazine groups is 1. The fourth-order valence-corrected chi connectivity index (χ4v) is 1.92. The Labute approximate surface area is 101 Å². The molecule has 0 aliphatic heterocycles. The third-order valence-corrected chi connectivity index (χ3v) is 3.09. The molecule has 0 amide bonds. The molecule has 0 aliphatic rings. The molecule has 90 valence electrons.